The van der Waals surface area contributed by atoms with Crippen LogP contribution in [-0.2, 0) is 14.7 Å². The summed E-state index contributed by atoms with van der Waals surface area (Å²) in [5, 5.41) is 12.3. The summed E-state index contributed by atoms with van der Waals surface area (Å²) in [5.74, 6) is 0.166. The van der Waals surface area contributed by atoms with E-state index in [1.807, 2.05) is 12.1 Å². The maximum atomic E-state index is 12.7. The summed E-state index contributed by atoms with van der Waals surface area (Å²) in [4.78, 5) is 16.8. The predicted octanol–water partition coefficient (Wildman–Crippen LogP) is 4.77. The maximum absolute atomic E-state index is 12.7. The number of aliphatic imine (C=N–C) groups is 1. The van der Waals surface area contributed by atoms with Crippen molar-refractivity contribution in [3.05, 3.63) is 58.7 Å². The second-order valence-electron chi connectivity index (χ2n) is 9.38. The molecule has 0 amide bonds. The average Bonchev–Trinajstić information content (AvgIpc) is 2.99. The fourth-order valence-electron chi connectivity index (χ4n) is 3.26. The quantitative estimate of drug-likeness (QED) is 0.411. The Morgan fingerprint density at radius 1 is 1.00 bits per heavy atom. The first-order chi connectivity index (χ1) is 13.4. The van der Waals surface area contributed by atoms with E-state index in [1.165, 1.54) is 11.2 Å². The van der Waals surface area contributed by atoms with Crippen molar-refractivity contribution in [3.8, 4) is 5.75 Å². The molecule has 1 aliphatic rings. The molecule has 2 aromatic rings. The van der Waals surface area contributed by atoms with Gasteiger partial charge < -0.3 is 0 Å². The normalized spacial score (nSPS) is 16.4. The van der Waals surface area contributed by atoms with Crippen molar-refractivity contribution >= 4 is 41.0 Å². The van der Waals surface area contributed by atoms with Crippen molar-refractivity contribution in [1.82, 2.24) is 0 Å². The number of aromatic hydroxyl groups is 1. The van der Waals surface area contributed by atoms with Gasteiger partial charge in [-0.2, -0.15) is 0 Å². The van der Waals surface area contributed by atoms with Crippen LogP contribution in [0.1, 0.15) is 68.6 Å². The van der Waals surface area contributed by atoms with Gasteiger partial charge >= 0.3 is 176 Å². The molecule has 0 saturated carbocycles. The zero-order chi connectivity index (χ0) is 21.6. The molecule has 4 nitrogen and oxygen atoms in total. The summed E-state index contributed by atoms with van der Waals surface area (Å²) in [6.07, 6.45) is 3.31. The van der Waals surface area contributed by atoms with Gasteiger partial charge in [-0.05, 0) is 0 Å². The Bertz CT molecular complexity index is 1030. The molecule has 152 valence electrons. The second kappa shape index (κ2) is 7.47. The monoisotopic (exact) mass is 457 g/mol. The summed E-state index contributed by atoms with van der Waals surface area (Å²) in [6, 6.07) is 9.01. The van der Waals surface area contributed by atoms with Crippen molar-refractivity contribution in [1.29, 1.82) is 0 Å². The minimum atomic E-state index is -2.26. The number of nitrogens with zero attached hydrogens (tertiary/aromatic N) is 1. The first kappa shape index (κ1) is 21.4. The third kappa shape index (κ3) is 4.47. The molecule has 2 aromatic carbocycles. The molecule has 1 unspecified atom stereocenters. The molecule has 1 atom stereocenters. The number of phenols is 1. The van der Waals surface area contributed by atoms with Crippen LogP contribution in [0.15, 0.2) is 41.4 Å². The fraction of sp³-hybridized carbons (Fsp3) is 0.333. The van der Waals surface area contributed by atoms with Gasteiger partial charge in [0.1, 0.15) is 0 Å². The molecule has 0 spiro atoms. The van der Waals surface area contributed by atoms with Crippen LogP contribution < -0.4 is 4.46 Å². The Hall–Kier alpha value is -2.36. The zero-order valence-corrected chi connectivity index (χ0v) is 19.5. The third-order valence-electron chi connectivity index (χ3n) is 4.92. The molecular formula is C24H27NO3Se. The second-order valence-corrected chi connectivity index (χ2v) is 12.0. The number of rotatable bonds is 3. The van der Waals surface area contributed by atoms with Crippen molar-refractivity contribution in [2.24, 2.45) is 4.99 Å². The Kier molecular flexibility index (Phi) is 5.50. The number of fused-ring (bicyclic) bond motifs is 1. The topological polar surface area (TPSA) is 66.7 Å². The molecule has 5 heteroatoms. The molecule has 1 aliphatic heterocycles. The number of hydrogen-bond donors (Lipinski definition) is 1. The first-order valence-corrected chi connectivity index (χ1v) is 12.1. The molecule has 0 radical (unpaired) electrons. The Labute approximate surface area is 176 Å². The van der Waals surface area contributed by atoms with Gasteiger partial charge in [0.25, 0.3) is 0 Å². The Morgan fingerprint density at radius 3 is 2.14 bits per heavy atom. The molecule has 1 N–H and O–H groups in total. The third-order valence-corrected chi connectivity index (χ3v) is 7.14. The van der Waals surface area contributed by atoms with E-state index in [9.17, 15) is 13.7 Å². The van der Waals surface area contributed by atoms with E-state index in [0.29, 0.717) is 21.5 Å². The van der Waals surface area contributed by atoms with Gasteiger partial charge in [0.15, 0.2) is 0 Å². The predicted molar refractivity (Wildman–Crippen MR) is 120 cm³/mol. The first-order valence-electron chi connectivity index (χ1n) is 9.57. The molecule has 0 bridgehead atoms. The summed E-state index contributed by atoms with van der Waals surface area (Å²) in [5.41, 5.74) is 3.30. The van der Waals surface area contributed by atoms with Gasteiger partial charge in [-0.15, -0.1) is 0 Å². The van der Waals surface area contributed by atoms with Crippen molar-refractivity contribution in [2.45, 2.75) is 52.4 Å². The van der Waals surface area contributed by atoms with Crippen LogP contribution in [0.4, 0.5) is 5.69 Å². The van der Waals surface area contributed by atoms with Gasteiger partial charge in [-0.1, -0.05) is 0 Å². The molecule has 1 heterocycles. The Morgan fingerprint density at radius 2 is 1.59 bits per heavy atom. The number of allylic oxidation sites excluding steroid dienone is 1. The van der Waals surface area contributed by atoms with Gasteiger partial charge in [0.2, 0.25) is 0 Å². The van der Waals surface area contributed by atoms with Gasteiger partial charge in [0.05, 0.1) is 0 Å². The number of phenolic OH excluding ortho intramolecular Hbond substituents is 1. The van der Waals surface area contributed by atoms with E-state index < -0.39 is 13.8 Å². The van der Waals surface area contributed by atoms with E-state index >= 15 is 0 Å². The average molecular weight is 456 g/mol. The molecule has 0 saturated heterocycles. The molecule has 0 fully saturated rings. The van der Waals surface area contributed by atoms with Crippen LogP contribution in [0.2, 0.25) is 0 Å². The van der Waals surface area contributed by atoms with E-state index in [0.717, 1.165) is 16.7 Å². The summed E-state index contributed by atoms with van der Waals surface area (Å²) in [6.45, 7) is 12.3. The molecule has 0 aromatic heterocycles. The summed E-state index contributed by atoms with van der Waals surface area (Å²) >= 11 is -2.26. The van der Waals surface area contributed by atoms with E-state index in [2.05, 4.69) is 46.5 Å². The molecular weight excluding hydrogens is 429 g/mol. The number of benzene rings is 2. The summed E-state index contributed by atoms with van der Waals surface area (Å²) < 4.78 is 12.7. The van der Waals surface area contributed by atoms with E-state index in [4.69, 9.17) is 0 Å². The fourth-order valence-corrected chi connectivity index (χ4v) is 5.13. The minimum absolute atomic E-state index is 0.152. The molecule has 0 aliphatic carbocycles. The number of ketones is 1. The molecule has 29 heavy (non-hydrogen) atoms. The van der Waals surface area contributed by atoms with Crippen LogP contribution in [0.25, 0.3) is 6.08 Å². The van der Waals surface area contributed by atoms with Crippen molar-refractivity contribution < 1.29 is 13.7 Å². The SMILES string of the molecule is CC(C)(C)c1cc(C=CC(=O)c2ccc3c(c2)[Se](=O)C=N3)cc(C(C)(C)C)c1O. The Balaban J connectivity index is 1.97. The van der Waals surface area contributed by atoms with Gasteiger partial charge in [-0.25, -0.2) is 0 Å². The van der Waals surface area contributed by atoms with Crippen LogP contribution >= 0.6 is 0 Å². The molecule has 3 rings (SSSR count). The van der Waals surface area contributed by atoms with Crippen LogP contribution in [0, 0.1) is 0 Å². The van der Waals surface area contributed by atoms with E-state index in [1.54, 1.807) is 24.3 Å². The zero-order valence-electron chi connectivity index (χ0n) is 17.7. The van der Waals surface area contributed by atoms with E-state index in [-0.39, 0.29) is 16.6 Å². The summed E-state index contributed by atoms with van der Waals surface area (Å²) in [7, 11) is 0. The van der Waals surface area contributed by atoms with Crippen LogP contribution in [0.3, 0.4) is 0 Å². The van der Waals surface area contributed by atoms with Crippen LogP contribution in [0.5, 0.6) is 5.75 Å². The van der Waals surface area contributed by atoms with Crippen molar-refractivity contribution in [2.75, 3.05) is 0 Å². The number of hydrogen-bond acceptors (Lipinski definition) is 4. The standard InChI is InChI=1S/C24H27NO3Se/c1-23(2,3)17-11-15(12-18(22(17)27)24(4,5)6)7-10-20(26)16-8-9-19-21(13-16)29(28)14-25-19/h7-14,27H,1-6H3. The van der Waals surface area contributed by atoms with Crippen molar-refractivity contribution in [3.63, 3.8) is 0 Å². The van der Waals surface area contributed by atoms with Gasteiger partial charge in [-0.3, -0.25) is 0 Å². The number of carbonyl (C=O) groups excluding carboxylic acids is 1. The number of carbonyl (C=O) groups is 1. The van der Waals surface area contributed by atoms with Gasteiger partial charge in [0, 0.05) is 0 Å². The van der Waals surface area contributed by atoms with Crippen LogP contribution in [-0.4, -0.2) is 29.8 Å².